The molecule has 1 unspecified atom stereocenters. The molecule has 0 radical (unpaired) electrons. The van der Waals surface area contributed by atoms with E-state index in [1.165, 1.54) is 31.7 Å². The van der Waals surface area contributed by atoms with Crippen molar-refractivity contribution in [2.24, 2.45) is 11.8 Å². The largest absolute Gasteiger partial charge is 0.271 e. The zero-order valence-electron chi connectivity index (χ0n) is 9.67. The van der Waals surface area contributed by atoms with Crippen molar-refractivity contribution >= 4 is 0 Å². The first-order valence-corrected chi connectivity index (χ1v) is 5.94. The lowest BCUT2D eigenvalue weighted by Crippen LogP contribution is -2.32. The van der Waals surface area contributed by atoms with E-state index in [1.807, 2.05) is 12.1 Å². The Hall–Kier alpha value is -0.930. The predicted octanol–water partition coefficient (Wildman–Crippen LogP) is 2.83. The van der Waals surface area contributed by atoms with Gasteiger partial charge in [-0.05, 0) is 42.9 Å². The van der Waals surface area contributed by atoms with Crippen molar-refractivity contribution in [3.63, 3.8) is 0 Å². The van der Waals surface area contributed by atoms with Gasteiger partial charge in [0, 0.05) is 6.04 Å². The van der Waals surface area contributed by atoms with Crippen LogP contribution in [0.3, 0.4) is 0 Å². The molecule has 3 N–H and O–H groups in total. The Balaban J connectivity index is 2.22. The molecule has 0 amide bonds. The van der Waals surface area contributed by atoms with E-state index < -0.39 is 0 Å². The maximum absolute atomic E-state index is 13.2. The summed E-state index contributed by atoms with van der Waals surface area (Å²) < 4.78 is 13.2. The highest BCUT2D eigenvalue weighted by Gasteiger charge is 2.25. The Morgan fingerprint density at radius 3 is 2.62 bits per heavy atom. The van der Waals surface area contributed by atoms with E-state index in [0.717, 1.165) is 5.56 Å². The Labute approximate surface area is 96.0 Å². The highest BCUT2D eigenvalue weighted by molar-refractivity contribution is 5.27. The van der Waals surface area contributed by atoms with Gasteiger partial charge in [-0.1, -0.05) is 25.0 Å². The van der Waals surface area contributed by atoms with Gasteiger partial charge in [-0.15, -0.1) is 0 Å². The number of hydrazine groups is 1. The third-order valence-corrected chi connectivity index (χ3v) is 3.59. The molecule has 0 spiro atoms. The van der Waals surface area contributed by atoms with Crippen LogP contribution in [0.1, 0.15) is 42.9 Å². The molecule has 0 bridgehead atoms. The van der Waals surface area contributed by atoms with Crippen molar-refractivity contribution < 1.29 is 4.39 Å². The molecule has 2 nitrogen and oxygen atoms in total. The minimum atomic E-state index is -0.147. The van der Waals surface area contributed by atoms with Crippen molar-refractivity contribution in [1.82, 2.24) is 5.43 Å². The SMILES string of the molecule is Cc1cc(C(NN)C2CCCC2)ccc1F. The molecule has 1 aliphatic carbocycles. The maximum atomic E-state index is 13.2. The van der Waals surface area contributed by atoms with Crippen LogP contribution in [0.25, 0.3) is 0 Å². The van der Waals surface area contributed by atoms with Crippen molar-refractivity contribution in [2.75, 3.05) is 0 Å². The molecule has 1 aromatic rings. The highest BCUT2D eigenvalue weighted by atomic mass is 19.1. The molecule has 1 saturated carbocycles. The maximum Gasteiger partial charge on any atom is 0.126 e. The van der Waals surface area contributed by atoms with E-state index in [4.69, 9.17) is 5.84 Å². The first kappa shape index (κ1) is 11.6. The van der Waals surface area contributed by atoms with Crippen LogP contribution in [0.4, 0.5) is 4.39 Å². The van der Waals surface area contributed by atoms with Crippen molar-refractivity contribution in [3.8, 4) is 0 Å². The molecule has 2 rings (SSSR count). The van der Waals surface area contributed by atoms with Crippen LogP contribution >= 0.6 is 0 Å². The van der Waals surface area contributed by atoms with E-state index >= 15 is 0 Å². The summed E-state index contributed by atoms with van der Waals surface area (Å²) in [6.07, 6.45) is 4.99. The van der Waals surface area contributed by atoms with Crippen molar-refractivity contribution in [3.05, 3.63) is 35.1 Å². The van der Waals surface area contributed by atoms with E-state index in [9.17, 15) is 4.39 Å². The van der Waals surface area contributed by atoms with Gasteiger partial charge in [-0.2, -0.15) is 0 Å². The summed E-state index contributed by atoms with van der Waals surface area (Å²) in [5, 5.41) is 0. The summed E-state index contributed by atoms with van der Waals surface area (Å²) in [6.45, 7) is 1.79. The van der Waals surface area contributed by atoms with Crippen LogP contribution in [-0.4, -0.2) is 0 Å². The topological polar surface area (TPSA) is 38.0 Å². The summed E-state index contributed by atoms with van der Waals surface area (Å²) in [5.74, 6) is 6.07. The van der Waals surface area contributed by atoms with Crippen molar-refractivity contribution in [1.29, 1.82) is 0 Å². The number of benzene rings is 1. The zero-order valence-corrected chi connectivity index (χ0v) is 9.67. The van der Waals surface area contributed by atoms with Gasteiger partial charge in [0.1, 0.15) is 5.82 Å². The Morgan fingerprint density at radius 1 is 1.38 bits per heavy atom. The van der Waals surface area contributed by atoms with Crippen LogP contribution in [-0.2, 0) is 0 Å². The fraction of sp³-hybridized carbons (Fsp3) is 0.538. The minimum Gasteiger partial charge on any atom is -0.271 e. The van der Waals surface area contributed by atoms with Gasteiger partial charge < -0.3 is 0 Å². The molecule has 16 heavy (non-hydrogen) atoms. The van der Waals surface area contributed by atoms with Crippen LogP contribution in [0, 0.1) is 18.7 Å². The molecular formula is C13H19FN2. The lowest BCUT2D eigenvalue weighted by Gasteiger charge is -2.23. The zero-order chi connectivity index (χ0) is 11.5. The molecule has 0 saturated heterocycles. The Kier molecular flexibility index (Phi) is 3.56. The molecule has 88 valence electrons. The van der Waals surface area contributed by atoms with Gasteiger partial charge in [0.05, 0.1) is 0 Å². The van der Waals surface area contributed by atoms with E-state index in [0.29, 0.717) is 11.5 Å². The summed E-state index contributed by atoms with van der Waals surface area (Å²) in [6, 6.07) is 5.44. The molecular weight excluding hydrogens is 203 g/mol. The van der Waals surface area contributed by atoms with Crippen LogP contribution in [0.5, 0.6) is 0 Å². The van der Waals surface area contributed by atoms with Crippen LogP contribution in [0.15, 0.2) is 18.2 Å². The Morgan fingerprint density at radius 2 is 2.06 bits per heavy atom. The molecule has 1 atom stereocenters. The average Bonchev–Trinajstić information content (AvgIpc) is 2.78. The first-order chi connectivity index (χ1) is 7.72. The Bertz CT molecular complexity index is 359. The smallest absolute Gasteiger partial charge is 0.126 e. The summed E-state index contributed by atoms with van der Waals surface area (Å²) in [4.78, 5) is 0. The first-order valence-electron chi connectivity index (χ1n) is 5.94. The van der Waals surface area contributed by atoms with Crippen LogP contribution in [0.2, 0.25) is 0 Å². The number of hydrogen-bond donors (Lipinski definition) is 2. The number of nitrogens with two attached hydrogens (primary N) is 1. The third kappa shape index (κ3) is 2.25. The van der Waals surface area contributed by atoms with Crippen molar-refractivity contribution in [2.45, 2.75) is 38.6 Å². The normalized spacial score (nSPS) is 18.9. The van der Waals surface area contributed by atoms with E-state index in [1.54, 1.807) is 6.92 Å². The fourth-order valence-electron chi connectivity index (χ4n) is 2.66. The van der Waals surface area contributed by atoms with Gasteiger partial charge >= 0.3 is 0 Å². The number of halogens is 1. The molecule has 0 aromatic heterocycles. The number of hydrogen-bond acceptors (Lipinski definition) is 2. The van der Waals surface area contributed by atoms with Crippen LogP contribution < -0.4 is 11.3 Å². The molecule has 1 aromatic carbocycles. The van der Waals surface area contributed by atoms with Gasteiger partial charge in [0.2, 0.25) is 0 Å². The predicted molar refractivity (Wildman–Crippen MR) is 63.2 cm³/mol. The van der Waals surface area contributed by atoms with Gasteiger partial charge in [-0.25, -0.2) is 4.39 Å². The standard InChI is InChI=1S/C13H19FN2/c1-9-8-11(6-7-12(9)14)13(16-15)10-4-2-3-5-10/h6-8,10,13,16H,2-5,15H2,1H3. The summed E-state index contributed by atoms with van der Waals surface area (Å²) in [7, 11) is 0. The summed E-state index contributed by atoms with van der Waals surface area (Å²) >= 11 is 0. The number of aryl methyl sites for hydroxylation is 1. The lowest BCUT2D eigenvalue weighted by molar-refractivity contribution is 0.373. The van der Waals surface area contributed by atoms with E-state index in [2.05, 4.69) is 5.43 Å². The molecule has 1 fully saturated rings. The van der Waals surface area contributed by atoms with Gasteiger partial charge in [-0.3, -0.25) is 11.3 Å². The second-order valence-electron chi connectivity index (χ2n) is 4.70. The molecule has 1 aliphatic rings. The van der Waals surface area contributed by atoms with Gasteiger partial charge in [0.25, 0.3) is 0 Å². The summed E-state index contributed by atoms with van der Waals surface area (Å²) in [5.41, 5.74) is 4.68. The lowest BCUT2D eigenvalue weighted by atomic mass is 9.91. The molecule has 0 aliphatic heterocycles. The van der Waals surface area contributed by atoms with Gasteiger partial charge in [0.15, 0.2) is 0 Å². The fourth-order valence-corrected chi connectivity index (χ4v) is 2.66. The second kappa shape index (κ2) is 4.93. The quantitative estimate of drug-likeness (QED) is 0.609. The van der Waals surface area contributed by atoms with E-state index in [-0.39, 0.29) is 11.9 Å². The average molecular weight is 222 g/mol. The molecule has 3 heteroatoms. The number of nitrogens with one attached hydrogen (secondary N) is 1. The molecule has 0 heterocycles. The third-order valence-electron chi connectivity index (χ3n) is 3.59. The minimum absolute atomic E-state index is 0.147. The highest BCUT2D eigenvalue weighted by Crippen LogP contribution is 2.35. The monoisotopic (exact) mass is 222 g/mol. The number of rotatable bonds is 3. The second-order valence-corrected chi connectivity index (χ2v) is 4.70.